The van der Waals surface area contributed by atoms with Crippen LogP contribution in [0, 0.1) is 6.92 Å². The number of carbonyl (C=O) groups excluding carboxylic acids is 3. The zero-order valence-electron chi connectivity index (χ0n) is 13.5. The third-order valence-electron chi connectivity index (χ3n) is 3.18. The quantitative estimate of drug-likeness (QED) is 0.724. The number of carbonyl (C=O) groups is 3. The van der Waals surface area contributed by atoms with E-state index in [1.807, 2.05) is 19.1 Å². The van der Waals surface area contributed by atoms with Gasteiger partial charge in [0.05, 0.1) is 5.56 Å². The second-order valence-electron chi connectivity index (χ2n) is 5.24. The predicted octanol–water partition coefficient (Wildman–Crippen LogP) is 2.67. The molecule has 0 radical (unpaired) electrons. The highest BCUT2D eigenvalue weighted by atomic mass is 79.9. The van der Waals surface area contributed by atoms with Gasteiger partial charge in [0.25, 0.3) is 11.8 Å². The SMILES string of the molecule is Cc1cccc(NC(=O)COC(=O)CNC(=O)c2ccccc2Br)c1. The molecular formula is C18H17BrN2O4. The van der Waals surface area contributed by atoms with Crippen molar-refractivity contribution in [1.82, 2.24) is 5.32 Å². The van der Waals surface area contributed by atoms with Gasteiger partial charge in [0.15, 0.2) is 6.61 Å². The Bertz CT molecular complexity index is 792. The van der Waals surface area contributed by atoms with Crippen LogP contribution in [0.15, 0.2) is 53.0 Å². The Morgan fingerprint density at radius 3 is 2.56 bits per heavy atom. The van der Waals surface area contributed by atoms with E-state index in [9.17, 15) is 14.4 Å². The summed E-state index contributed by atoms with van der Waals surface area (Å²) in [6, 6.07) is 14.1. The fourth-order valence-electron chi connectivity index (χ4n) is 2.01. The first-order chi connectivity index (χ1) is 12.0. The first-order valence-corrected chi connectivity index (χ1v) is 8.30. The summed E-state index contributed by atoms with van der Waals surface area (Å²) in [6.45, 7) is 1.17. The van der Waals surface area contributed by atoms with Gasteiger partial charge in [-0.2, -0.15) is 0 Å². The molecule has 0 atom stereocenters. The molecule has 2 aromatic rings. The van der Waals surface area contributed by atoms with Gasteiger partial charge in [-0.05, 0) is 52.7 Å². The van der Waals surface area contributed by atoms with Gasteiger partial charge in [-0.3, -0.25) is 14.4 Å². The number of halogens is 1. The van der Waals surface area contributed by atoms with Crippen molar-refractivity contribution in [3.05, 3.63) is 64.1 Å². The molecule has 0 saturated heterocycles. The van der Waals surface area contributed by atoms with Crippen molar-refractivity contribution < 1.29 is 19.1 Å². The van der Waals surface area contributed by atoms with Gasteiger partial charge in [-0.25, -0.2) is 0 Å². The van der Waals surface area contributed by atoms with Crippen LogP contribution in [0.4, 0.5) is 5.69 Å². The predicted molar refractivity (Wildman–Crippen MR) is 97.2 cm³/mol. The Hall–Kier alpha value is -2.67. The summed E-state index contributed by atoms with van der Waals surface area (Å²) in [6.07, 6.45) is 0. The van der Waals surface area contributed by atoms with Gasteiger partial charge in [0.1, 0.15) is 6.54 Å². The van der Waals surface area contributed by atoms with E-state index in [1.54, 1.807) is 36.4 Å². The molecule has 0 spiro atoms. The number of amides is 2. The summed E-state index contributed by atoms with van der Waals surface area (Å²) in [5, 5.41) is 5.07. The fourth-order valence-corrected chi connectivity index (χ4v) is 2.47. The Kier molecular flexibility index (Phi) is 6.71. The minimum absolute atomic E-state index is 0.322. The zero-order chi connectivity index (χ0) is 18.2. The molecule has 6 nitrogen and oxygen atoms in total. The van der Waals surface area contributed by atoms with Crippen molar-refractivity contribution in [1.29, 1.82) is 0 Å². The van der Waals surface area contributed by atoms with E-state index in [4.69, 9.17) is 4.74 Å². The van der Waals surface area contributed by atoms with E-state index in [0.29, 0.717) is 15.7 Å². The molecule has 2 rings (SSSR count). The van der Waals surface area contributed by atoms with Crippen LogP contribution in [0.1, 0.15) is 15.9 Å². The molecule has 0 bridgehead atoms. The normalized spacial score (nSPS) is 10.0. The zero-order valence-corrected chi connectivity index (χ0v) is 15.1. The van der Waals surface area contributed by atoms with E-state index in [2.05, 4.69) is 26.6 Å². The van der Waals surface area contributed by atoms with Gasteiger partial charge in [-0.15, -0.1) is 0 Å². The molecular weight excluding hydrogens is 388 g/mol. The smallest absolute Gasteiger partial charge is 0.325 e. The van der Waals surface area contributed by atoms with Crippen molar-refractivity contribution in [2.24, 2.45) is 0 Å². The Morgan fingerprint density at radius 1 is 1.08 bits per heavy atom. The molecule has 25 heavy (non-hydrogen) atoms. The maximum absolute atomic E-state index is 12.0. The molecule has 0 heterocycles. The largest absolute Gasteiger partial charge is 0.454 e. The van der Waals surface area contributed by atoms with Crippen LogP contribution in [0.25, 0.3) is 0 Å². The lowest BCUT2D eigenvalue weighted by molar-refractivity contribution is -0.146. The van der Waals surface area contributed by atoms with E-state index < -0.39 is 24.4 Å². The van der Waals surface area contributed by atoms with E-state index in [-0.39, 0.29) is 6.54 Å². The second kappa shape index (κ2) is 8.98. The summed E-state index contributed by atoms with van der Waals surface area (Å²) in [5.41, 5.74) is 2.04. The van der Waals surface area contributed by atoms with Crippen molar-refractivity contribution >= 4 is 39.4 Å². The molecule has 2 N–H and O–H groups in total. The standard InChI is InChI=1S/C18H17BrN2O4/c1-12-5-4-6-13(9-12)21-16(22)11-25-17(23)10-20-18(24)14-7-2-3-8-15(14)19/h2-9H,10-11H2,1H3,(H,20,24)(H,21,22). The first-order valence-electron chi connectivity index (χ1n) is 7.50. The minimum Gasteiger partial charge on any atom is -0.454 e. The molecule has 7 heteroatoms. The Labute approximate surface area is 153 Å². The van der Waals surface area contributed by atoms with Crippen LogP contribution >= 0.6 is 15.9 Å². The maximum Gasteiger partial charge on any atom is 0.325 e. The molecule has 2 aromatic carbocycles. The lowest BCUT2D eigenvalue weighted by atomic mass is 10.2. The lowest BCUT2D eigenvalue weighted by Crippen LogP contribution is -2.32. The molecule has 0 fully saturated rings. The van der Waals surface area contributed by atoms with Crippen molar-refractivity contribution in [3.63, 3.8) is 0 Å². The van der Waals surface area contributed by atoms with Crippen LogP contribution in [-0.4, -0.2) is 30.9 Å². The van der Waals surface area contributed by atoms with Gasteiger partial charge < -0.3 is 15.4 Å². The number of esters is 1. The van der Waals surface area contributed by atoms with Crippen molar-refractivity contribution in [3.8, 4) is 0 Å². The average molecular weight is 405 g/mol. The summed E-state index contributed by atoms with van der Waals surface area (Å²) in [7, 11) is 0. The molecule has 0 aliphatic carbocycles. The summed E-state index contributed by atoms with van der Waals surface area (Å²) >= 11 is 3.26. The van der Waals surface area contributed by atoms with Gasteiger partial charge in [0.2, 0.25) is 0 Å². The monoisotopic (exact) mass is 404 g/mol. The molecule has 0 unspecified atom stereocenters. The first kappa shape index (κ1) is 18.7. The van der Waals surface area contributed by atoms with Crippen LogP contribution in [0.2, 0.25) is 0 Å². The van der Waals surface area contributed by atoms with Gasteiger partial charge >= 0.3 is 5.97 Å². The Morgan fingerprint density at radius 2 is 1.84 bits per heavy atom. The molecule has 130 valence electrons. The van der Waals surface area contributed by atoms with Crippen LogP contribution in [0.3, 0.4) is 0 Å². The second-order valence-corrected chi connectivity index (χ2v) is 6.10. The highest BCUT2D eigenvalue weighted by Crippen LogP contribution is 2.15. The highest BCUT2D eigenvalue weighted by Gasteiger charge is 2.12. The molecule has 0 aliphatic rings. The molecule has 0 aliphatic heterocycles. The number of ether oxygens (including phenoxy) is 1. The molecule has 0 saturated carbocycles. The minimum atomic E-state index is -0.695. The Balaban J connectivity index is 1.74. The number of rotatable bonds is 6. The topological polar surface area (TPSA) is 84.5 Å². The summed E-state index contributed by atoms with van der Waals surface area (Å²) in [5.74, 6) is -1.55. The number of aryl methyl sites for hydroxylation is 1. The highest BCUT2D eigenvalue weighted by molar-refractivity contribution is 9.10. The number of hydrogen-bond donors (Lipinski definition) is 2. The summed E-state index contributed by atoms with van der Waals surface area (Å²) in [4.78, 5) is 35.3. The van der Waals surface area contributed by atoms with Crippen LogP contribution < -0.4 is 10.6 Å². The van der Waals surface area contributed by atoms with Crippen molar-refractivity contribution in [2.75, 3.05) is 18.5 Å². The van der Waals surface area contributed by atoms with E-state index in [1.165, 1.54) is 0 Å². The third kappa shape index (κ3) is 6.04. The number of benzene rings is 2. The summed E-state index contributed by atoms with van der Waals surface area (Å²) < 4.78 is 5.47. The lowest BCUT2D eigenvalue weighted by Gasteiger charge is -2.08. The molecule has 2 amide bonds. The van der Waals surface area contributed by atoms with Gasteiger partial charge in [-0.1, -0.05) is 24.3 Å². The number of anilines is 1. The van der Waals surface area contributed by atoms with Crippen LogP contribution in [-0.2, 0) is 14.3 Å². The van der Waals surface area contributed by atoms with Crippen LogP contribution in [0.5, 0.6) is 0 Å². The molecule has 0 aromatic heterocycles. The van der Waals surface area contributed by atoms with E-state index in [0.717, 1.165) is 5.56 Å². The number of nitrogens with one attached hydrogen (secondary N) is 2. The third-order valence-corrected chi connectivity index (χ3v) is 3.87. The van der Waals surface area contributed by atoms with Gasteiger partial charge in [0, 0.05) is 10.2 Å². The van der Waals surface area contributed by atoms with E-state index >= 15 is 0 Å². The fraction of sp³-hybridized carbons (Fsp3) is 0.167. The van der Waals surface area contributed by atoms with Crippen molar-refractivity contribution in [2.45, 2.75) is 6.92 Å². The maximum atomic E-state index is 12.0. The number of hydrogen-bond acceptors (Lipinski definition) is 4. The average Bonchev–Trinajstić information content (AvgIpc) is 2.58.